The van der Waals surface area contributed by atoms with Gasteiger partial charge >= 0.3 is 6.09 Å². The van der Waals surface area contributed by atoms with Gasteiger partial charge < -0.3 is 4.74 Å². The van der Waals surface area contributed by atoms with Crippen molar-refractivity contribution < 1.29 is 23.9 Å². The lowest BCUT2D eigenvalue weighted by Crippen LogP contribution is -2.56. The zero-order chi connectivity index (χ0) is 23.7. The third-order valence-corrected chi connectivity index (χ3v) is 7.47. The first-order valence-electron chi connectivity index (χ1n) is 11.0. The molecule has 2 aliphatic heterocycles. The van der Waals surface area contributed by atoms with E-state index in [1.54, 1.807) is 6.08 Å². The Morgan fingerprint density at radius 1 is 1.18 bits per heavy atom. The van der Waals surface area contributed by atoms with Gasteiger partial charge in [0.05, 0.1) is 18.2 Å². The smallest absolute Gasteiger partial charge is 0.416 e. The Hall–Kier alpha value is -3.44. The fraction of sp³-hybridized carbons (Fsp3) is 0.360. The van der Waals surface area contributed by atoms with Crippen molar-refractivity contribution in [1.29, 1.82) is 0 Å². The maximum atomic E-state index is 14.0. The van der Waals surface area contributed by atoms with Crippen LogP contribution in [0.1, 0.15) is 22.5 Å². The number of hydrogen-bond acceptors (Lipinski definition) is 5. The number of rotatable bonds is 0. The van der Waals surface area contributed by atoms with Crippen LogP contribution in [-0.4, -0.2) is 54.9 Å². The number of allylic oxidation sites excluding steroid dienone is 1. The van der Waals surface area contributed by atoms with Crippen LogP contribution in [0.15, 0.2) is 35.9 Å². The van der Waals surface area contributed by atoms with Gasteiger partial charge in [0.15, 0.2) is 5.78 Å². The molecule has 7 nitrogen and oxygen atoms in total. The fourth-order valence-corrected chi connectivity index (χ4v) is 5.72. The molecule has 2 aromatic rings. The number of amides is 2. The van der Waals surface area contributed by atoms with Crippen LogP contribution in [0.4, 0.5) is 4.79 Å². The Bertz CT molecular complexity index is 1370. The summed E-state index contributed by atoms with van der Waals surface area (Å²) in [6.07, 6.45) is 1.26. The molecule has 33 heavy (non-hydrogen) atoms. The summed E-state index contributed by atoms with van der Waals surface area (Å²) in [5.41, 5.74) is 4.12. The van der Waals surface area contributed by atoms with Gasteiger partial charge in [0.25, 0.3) is 0 Å². The number of aromatic nitrogens is 1. The van der Waals surface area contributed by atoms with Crippen molar-refractivity contribution in [2.24, 2.45) is 5.92 Å². The van der Waals surface area contributed by atoms with E-state index in [1.807, 2.05) is 24.3 Å². The molecule has 0 fully saturated rings. The molecule has 1 aliphatic carbocycles. The average molecular weight is 461 g/mol. The molecule has 2 bridgehead atoms. The number of hydrogen-bond donors (Lipinski definition) is 0. The van der Waals surface area contributed by atoms with E-state index < -0.39 is 31.4 Å². The molecule has 0 saturated heterocycles. The summed E-state index contributed by atoms with van der Waals surface area (Å²) in [5.74, 6) is 0.797. The molecule has 3 heterocycles. The van der Waals surface area contributed by atoms with E-state index in [0.29, 0.717) is 17.6 Å². The van der Waals surface area contributed by atoms with Gasteiger partial charge in [0.2, 0.25) is 11.8 Å². The lowest BCUT2D eigenvalue weighted by Gasteiger charge is -2.41. The molecule has 1 spiro atoms. The lowest BCUT2D eigenvalue weighted by atomic mass is 9.65. The number of carbonyl (C=O) groups excluding carboxylic acids is 4. The van der Waals surface area contributed by atoms with E-state index in [-0.39, 0.29) is 30.2 Å². The molecule has 0 N–H and O–H groups in total. The Balaban J connectivity index is 1.87. The summed E-state index contributed by atoms with van der Waals surface area (Å²) in [4.78, 5) is 54.6. The maximum Gasteiger partial charge on any atom is 0.416 e. The standard InChI is InChI=1S/C25H24N2O5Si/c1-32-24(31)26-11-9-17-16-7-5-6-8-19(16)27-21(17)25(23(26)30)13-15(10-12-33(2,3)4)20(28)18(14-25)22(27)29/h5-8,13,18H,9,11,14H2,1-4H3/t18?,25-/m1/s1. The number of fused-ring (bicyclic) bond motifs is 4. The highest BCUT2D eigenvalue weighted by atomic mass is 28.3. The number of ketones is 1. The van der Waals surface area contributed by atoms with Gasteiger partial charge in [-0.2, -0.15) is 0 Å². The molecule has 168 valence electrons. The predicted octanol–water partition coefficient (Wildman–Crippen LogP) is 3.08. The van der Waals surface area contributed by atoms with Gasteiger partial charge in [-0.1, -0.05) is 43.8 Å². The fourth-order valence-electron chi connectivity index (χ4n) is 5.21. The number of nitrogens with zero attached hydrogens (tertiary/aromatic N) is 2. The summed E-state index contributed by atoms with van der Waals surface area (Å²) in [7, 11) is -0.596. The molecule has 8 heteroatoms. The van der Waals surface area contributed by atoms with Crippen molar-refractivity contribution in [3.63, 3.8) is 0 Å². The summed E-state index contributed by atoms with van der Waals surface area (Å²) in [6.45, 7) is 6.31. The number of ether oxygens (including phenoxy) is 1. The number of methoxy groups -OCH3 is 1. The molecular weight excluding hydrogens is 436 g/mol. The molecular formula is C25H24N2O5Si. The summed E-state index contributed by atoms with van der Waals surface area (Å²) < 4.78 is 6.43. The number of benzene rings is 1. The van der Waals surface area contributed by atoms with Gasteiger partial charge in [-0.25, -0.2) is 9.69 Å². The summed E-state index contributed by atoms with van der Waals surface area (Å²) in [6, 6.07) is 7.46. The number of imide groups is 1. The molecule has 0 saturated carbocycles. The minimum Gasteiger partial charge on any atom is -0.452 e. The average Bonchev–Trinajstić information content (AvgIpc) is 3.06. The second-order valence-corrected chi connectivity index (χ2v) is 14.6. The van der Waals surface area contributed by atoms with E-state index in [1.165, 1.54) is 11.7 Å². The topological polar surface area (TPSA) is 85.7 Å². The maximum absolute atomic E-state index is 14.0. The highest BCUT2D eigenvalue weighted by Crippen LogP contribution is 2.50. The van der Waals surface area contributed by atoms with E-state index in [9.17, 15) is 19.2 Å². The van der Waals surface area contributed by atoms with E-state index in [4.69, 9.17) is 4.74 Å². The van der Waals surface area contributed by atoms with Crippen molar-refractivity contribution in [1.82, 2.24) is 9.47 Å². The molecule has 1 unspecified atom stereocenters. The highest BCUT2D eigenvalue weighted by Gasteiger charge is 2.58. The first-order chi connectivity index (χ1) is 15.6. The Morgan fingerprint density at radius 2 is 1.91 bits per heavy atom. The molecule has 1 aromatic heterocycles. The molecule has 3 aliphatic rings. The van der Waals surface area contributed by atoms with Crippen molar-refractivity contribution >= 4 is 42.7 Å². The summed E-state index contributed by atoms with van der Waals surface area (Å²) >= 11 is 0. The Kier molecular flexibility index (Phi) is 4.56. The first-order valence-corrected chi connectivity index (χ1v) is 14.5. The minimum absolute atomic E-state index is 0.00155. The van der Waals surface area contributed by atoms with Gasteiger partial charge in [-0.05, 0) is 30.5 Å². The largest absolute Gasteiger partial charge is 0.452 e. The van der Waals surface area contributed by atoms with Gasteiger partial charge in [0, 0.05) is 17.6 Å². The molecule has 5 rings (SSSR count). The Labute approximate surface area is 192 Å². The van der Waals surface area contributed by atoms with Crippen LogP contribution in [0.25, 0.3) is 10.9 Å². The third-order valence-electron chi connectivity index (χ3n) is 6.60. The first kappa shape index (κ1) is 21.4. The second-order valence-electron chi connectivity index (χ2n) is 9.85. The van der Waals surface area contributed by atoms with E-state index >= 15 is 0 Å². The monoisotopic (exact) mass is 460 g/mol. The number of carbonyl (C=O) groups is 4. The van der Waals surface area contributed by atoms with Crippen molar-refractivity contribution in [2.45, 2.75) is 37.9 Å². The van der Waals surface area contributed by atoms with Gasteiger partial charge in [0.1, 0.15) is 19.4 Å². The molecule has 0 radical (unpaired) electrons. The molecule has 2 amide bonds. The molecule has 1 aromatic carbocycles. The summed E-state index contributed by atoms with van der Waals surface area (Å²) in [5, 5.41) is 0.850. The van der Waals surface area contributed by atoms with E-state index in [2.05, 4.69) is 31.1 Å². The van der Waals surface area contributed by atoms with Crippen molar-refractivity contribution in [3.8, 4) is 11.5 Å². The third kappa shape index (κ3) is 2.96. The highest BCUT2D eigenvalue weighted by molar-refractivity contribution is 6.84. The van der Waals surface area contributed by atoms with Crippen LogP contribution >= 0.6 is 0 Å². The Morgan fingerprint density at radius 3 is 2.61 bits per heavy atom. The van der Waals surface area contributed by atoms with Crippen LogP contribution in [0.3, 0.4) is 0 Å². The number of para-hydroxylation sites is 1. The molecule has 2 atom stereocenters. The van der Waals surface area contributed by atoms with Crippen molar-refractivity contribution in [3.05, 3.63) is 47.2 Å². The zero-order valence-corrected chi connectivity index (χ0v) is 20.0. The quantitative estimate of drug-likeness (QED) is 0.343. The predicted molar refractivity (Wildman–Crippen MR) is 124 cm³/mol. The lowest BCUT2D eigenvalue weighted by molar-refractivity contribution is -0.135. The van der Waals surface area contributed by atoms with Crippen LogP contribution < -0.4 is 0 Å². The van der Waals surface area contributed by atoms with Crippen molar-refractivity contribution in [2.75, 3.05) is 13.7 Å². The van der Waals surface area contributed by atoms with Crippen LogP contribution in [-0.2, 0) is 26.2 Å². The number of Topliss-reactive ketones (excluding diaryl/α,β-unsaturated/α-hetero) is 1. The SMILES string of the molecule is COC(=O)N1CCc2c3n(c4ccccc24)C(=O)C2C[C@@]3(C=C(C#C[Si](C)(C)C)C2=O)C1=O. The van der Waals surface area contributed by atoms with Crippen LogP contribution in [0.2, 0.25) is 19.6 Å². The van der Waals surface area contributed by atoms with Crippen LogP contribution in [0, 0.1) is 17.4 Å². The minimum atomic E-state index is -1.83. The zero-order valence-electron chi connectivity index (χ0n) is 19.0. The van der Waals surface area contributed by atoms with Gasteiger partial charge in [-0.15, -0.1) is 5.54 Å². The van der Waals surface area contributed by atoms with E-state index in [0.717, 1.165) is 15.8 Å². The van der Waals surface area contributed by atoms with Crippen LogP contribution in [0.5, 0.6) is 0 Å². The second kappa shape index (κ2) is 7.03. The normalized spacial score (nSPS) is 24.0. The van der Waals surface area contributed by atoms with Gasteiger partial charge in [-0.3, -0.25) is 19.0 Å².